The number of alkyl carbamates (subject to hydrolysis) is 1. The van der Waals surface area contributed by atoms with E-state index in [4.69, 9.17) is 33.2 Å². The Kier molecular flexibility index (Phi) is 20.6. The number of rotatable bonds is 22. The maximum Gasteiger partial charge on any atom is 0.407 e. The van der Waals surface area contributed by atoms with E-state index in [0.29, 0.717) is 71.3 Å². The second kappa shape index (κ2) is 22.7. The summed E-state index contributed by atoms with van der Waals surface area (Å²) in [6.07, 6.45) is 3.60. The summed E-state index contributed by atoms with van der Waals surface area (Å²) < 4.78 is 37.2. The van der Waals surface area contributed by atoms with Gasteiger partial charge in [0.15, 0.2) is 0 Å². The lowest BCUT2D eigenvalue weighted by atomic mass is 9.97. The molecule has 1 aliphatic carbocycles. The maximum atomic E-state index is 11.7. The zero-order chi connectivity index (χ0) is 26.3. The smallest absolute Gasteiger partial charge is 0.407 e. The van der Waals surface area contributed by atoms with Crippen molar-refractivity contribution in [1.82, 2.24) is 5.32 Å². The third-order valence-electron chi connectivity index (χ3n) is 5.09. The van der Waals surface area contributed by atoms with Gasteiger partial charge in [0.05, 0.1) is 72.5 Å². The van der Waals surface area contributed by atoms with Gasteiger partial charge in [0.1, 0.15) is 18.5 Å². The Morgan fingerprint density at radius 2 is 1.17 bits per heavy atom. The number of hydrogen-bond acceptors (Lipinski definition) is 11. The SMILES string of the molecule is CC(=O)CCC(=O)OCCOCCOCCOCCOCCOCCNC(=O)OC1CCC(S)CC1. The van der Waals surface area contributed by atoms with Crippen LogP contribution in [-0.4, -0.2) is 108 Å². The van der Waals surface area contributed by atoms with Crippen LogP contribution in [0.3, 0.4) is 0 Å². The fraction of sp³-hybridized carbons (Fsp3) is 0.875. The normalized spacial score (nSPS) is 17.5. The molecule has 1 aliphatic rings. The van der Waals surface area contributed by atoms with Crippen molar-refractivity contribution < 1.29 is 47.5 Å². The summed E-state index contributed by atoms with van der Waals surface area (Å²) in [5.74, 6) is -0.432. The fourth-order valence-corrected chi connectivity index (χ4v) is 3.43. The van der Waals surface area contributed by atoms with Gasteiger partial charge in [-0.05, 0) is 32.6 Å². The van der Waals surface area contributed by atoms with Crippen LogP contribution in [0.25, 0.3) is 0 Å². The Bertz CT molecular complexity index is 587. The number of hydrogen-bond donors (Lipinski definition) is 2. The minimum absolute atomic E-state index is 0.00820. The van der Waals surface area contributed by atoms with E-state index in [1.165, 1.54) is 6.92 Å². The van der Waals surface area contributed by atoms with Crippen molar-refractivity contribution in [2.45, 2.75) is 56.8 Å². The van der Waals surface area contributed by atoms with Crippen LogP contribution in [0.1, 0.15) is 45.4 Å². The van der Waals surface area contributed by atoms with Crippen LogP contribution < -0.4 is 5.32 Å². The van der Waals surface area contributed by atoms with Gasteiger partial charge in [-0.1, -0.05) is 0 Å². The third-order valence-corrected chi connectivity index (χ3v) is 5.61. The van der Waals surface area contributed by atoms with Gasteiger partial charge < -0.3 is 43.3 Å². The molecule has 0 saturated heterocycles. The van der Waals surface area contributed by atoms with Crippen LogP contribution in [-0.2, 0) is 42.7 Å². The lowest BCUT2D eigenvalue weighted by Crippen LogP contribution is -2.33. The molecule has 1 saturated carbocycles. The summed E-state index contributed by atoms with van der Waals surface area (Å²) in [6, 6.07) is 0. The number of thiol groups is 1. The van der Waals surface area contributed by atoms with E-state index in [2.05, 4.69) is 17.9 Å². The Labute approximate surface area is 219 Å². The molecule has 0 bridgehead atoms. The Balaban J connectivity index is 1.72. The predicted molar refractivity (Wildman–Crippen MR) is 134 cm³/mol. The molecule has 12 heteroatoms. The van der Waals surface area contributed by atoms with Gasteiger partial charge in [-0.2, -0.15) is 12.6 Å². The predicted octanol–water partition coefficient (Wildman–Crippen LogP) is 1.95. The van der Waals surface area contributed by atoms with E-state index >= 15 is 0 Å². The summed E-state index contributed by atoms with van der Waals surface area (Å²) in [4.78, 5) is 33.8. The van der Waals surface area contributed by atoms with Gasteiger partial charge in [0.25, 0.3) is 0 Å². The van der Waals surface area contributed by atoms with Crippen molar-refractivity contribution in [3.05, 3.63) is 0 Å². The summed E-state index contributed by atoms with van der Waals surface area (Å²) >= 11 is 4.44. The van der Waals surface area contributed by atoms with Gasteiger partial charge in [0.2, 0.25) is 0 Å². The molecule has 11 nitrogen and oxygen atoms in total. The second-order valence-electron chi connectivity index (χ2n) is 8.25. The van der Waals surface area contributed by atoms with Gasteiger partial charge in [-0.3, -0.25) is 4.79 Å². The summed E-state index contributed by atoms with van der Waals surface area (Å²) in [5, 5.41) is 3.11. The standard InChI is InChI=1S/C24H43NO10S/c1-20(26)2-7-23(27)34-19-18-33-17-16-32-15-14-31-13-12-30-11-10-29-9-8-25-24(28)35-21-3-5-22(36)6-4-21/h21-22,36H,2-19H2,1H3,(H,25,28). The number of carbonyl (C=O) groups excluding carboxylic acids is 3. The fourth-order valence-electron chi connectivity index (χ4n) is 3.13. The highest BCUT2D eigenvalue weighted by molar-refractivity contribution is 7.80. The Morgan fingerprint density at radius 1 is 0.694 bits per heavy atom. The van der Waals surface area contributed by atoms with Crippen LogP contribution in [0.2, 0.25) is 0 Å². The average Bonchev–Trinajstić information content (AvgIpc) is 2.85. The number of Topliss-reactive ketones (excluding diaryl/α,β-unsaturated/α-hetero) is 1. The van der Waals surface area contributed by atoms with E-state index in [-0.39, 0.29) is 37.9 Å². The van der Waals surface area contributed by atoms with Crippen LogP contribution in [0.4, 0.5) is 4.79 Å². The number of amides is 1. The molecule has 0 aliphatic heterocycles. The zero-order valence-electron chi connectivity index (χ0n) is 21.4. The molecule has 1 N–H and O–H groups in total. The molecule has 0 spiro atoms. The van der Waals surface area contributed by atoms with Crippen molar-refractivity contribution in [2.75, 3.05) is 79.2 Å². The topological polar surface area (TPSA) is 128 Å². The molecular formula is C24H43NO10S. The molecule has 1 fully saturated rings. The quantitative estimate of drug-likeness (QED) is 0.120. The molecule has 0 radical (unpaired) electrons. The minimum Gasteiger partial charge on any atom is -0.463 e. The molecule has 0 aromatic rings. The maximum absolute atomic E-state index is 11.7. The monoisotopic (exact) mass is 537 g/mol. The van der Waals surface area contributed by atoms with Crippen molar-refractivity contribution in [2.24, 2.45) is 0 Å². The molecule has 0 heterocycles. The second-order valence-corrected chi connectivity index (χ2v) is 8.98. The van der Waals surface area contributed by atoms with Crippen molar-refractivity contribution in [1.29, 1.82) is 0 Å². The first kappa shape index (κ1) is 32.6. The van der Waals surface area contributed by atoms with Crippen LogP contribution >= 0.6 is 12.6 Å². The highest BCUT2D eigenvalue weighted by Crippen LogP contribution is 2.24. The van der Waals surface area contributed by atoms with Crippen LogP contribution in [0.5, 0.6) is 0 Å². The number of ketones is 1. The first-order chi connectivity index (χ1) is 17.5. The number of carbonyl (C=O) groups is 3. The molecule has 0 atom stereocenters. The van der Waals surface area contributed by atoms with Gasteiger partial charge in [0, 0.05) is 18.2 Å². The van der Waals surface area contributed by atoms with Crippen LogP contribution in [0.15, 0.2) is 0 Å². The summed E-state index contributed by atoms with van der Waals surface area (Å²) in [7, 11) is 0. The van der Waals surface area contributed by atoms with Gasteiger partial charge >= 0.3 is 12.1 Å². The molecule has 1 amide bonds. The summed E-state index contributed by atoms with van der Waals surface area (Å²) in [5.41, 5.74) is 0. The molecule has 0 aromatic carbocycles. The lowest BCUT2D eigenvalue weighted by Gasteiger charge is -2.25. The van der Waals surface area contributed by atoms with E-state index < -0.39 is 12.1 Å². The third kappa shape index (κ3) is 20.7. The minimum atomic E-state index is -0.396. The number of ether oxygens (including phenoxy) is 7. The van der Waals surface area contributed by atoms with Crippen molar-refractivity contribution in [3.63, 3.8) is 0 Å². The first-order valence-electron chi connectivity index (χ1n) is 12.6. The summed E-state index contributed by atoms with van der Waals surface area (Å²) in [6.45, 7) is 6.16. The molecule has 210 valence electrons. The highest BCUT2D eigenvalue weighted by atomic mass is 32.1. The zero-order valence-corrected chi connectivity index (χ0v) is 22.3. The van der Waals surface area contributed by atoms with Gasteiger partial charge in [-0.25, -0.2) is 4.79 Å². The van der Waals surface area contributed by atoms with Crippen LogP contribution in [0, 0.1) is 0 Å². The van der Waals surface area contributed by atoms with Gasteiger partial charge in [-0.15, -0.1) is 0 Å². The van der Waals surface area contributed by atoms with E-state index in [1.807, 2.05) is 0 Å². The first-order valence-corrected chi connectivity index (χ1v) is 13.1. The molecule has 1 rings (SSSR count). The van der Waals surface area contributed by atoms with E-state index in [1.54, 1.807) is 0 Å². The molecule has 36 heavy (non-hydrogen) atoms. The average molecular weight is 538 g/mol. The largest absolute Gasteiger partial charge is 0.463 e. The highest BCUT2D eigenvalue weighted by Gasteiger charge is 2.21. The lowest BCUT2D eigenvalue weighted by molar-refractivity contribution is -0.146. The molecular weight excluding hydrogens is 494 g/mol. The number of esters is 1. The van der Waals surface area contributed by atoms with E-state index in [9.17, 15) is 14.4 Å². The molecule has 0 unspecified atom stereocenters. The molecule has 0 aromatic heterocycles. The van der Waals surface area contributed by atoms with Crippen molar-refractivity contribution >= 4 is 30.5 Å². The van der Waals surface area contributed by atoms with E-state index in [0.717, 1.165) is 25.7 Å². The Hall–Kier alpha value is -1.44. The van der Waals surface area contributed by atoms with Crippen molar-refractivity contribution in [3.8, 4) is 0 Å². The Morgan fingerprint density at radius 3 is 1.67 bits per heavy atom. The number of nitrogens with one attached hydrogen (secondary N) is 1.